The molecule has 2 nitrogen and oxygen atoms in total. The van der Waals surface area contributed by atoms with Gasteiger partial charge in [0.25, 0.3) is 0 Å². The van der Waals surface area contributed by atoms with Crippen LogP contribution in [-0.4, -0.2) is 12.6 Å². The Bertz CT molecular complexity index is 411. The highest BCUT2D eigenvalue weighted by atomic mass is 16.5. The molecule has 0 saturated heterocycles. The summed E-state index contributed by atoms with van der Waals surface area (Å²) in [7, 11) is 0. The monoisotopic (exact) mass is 229 g/mol. The molecule has 1 heterocycles. The molecule has 0 radical (unpaired) electrons. The molecule has 0 spiro atoms. The largest absolute Gasteiger partial charge is 0.491 e. The molecule has 1 aromatic rings. The van der Waals surface area contributed by atoms with Gasteiger partial charge in [-0.15, -0.1) is 0 Å². The summed E-state index contributed by atoms with van der Waals surface area (Å²) in [5.74, 6) is 2.99. The van der Waals surface area contributed by atoms with Crippen molar-refractivity contribution >= 4 is 0 Å². The van der Waals surface area contributed by atoms with E-state index in [-0.39, 0.29) is 0 Å². The van der Waals surface area contributed by atoms with Crippen LogP contribution in [0.5, 0.6) is 5.75 Å². The first-order valence-corrected chi connectivity index (χ1v) is 6.89. The summed E-state index contributed by atoms with van der Waals surface area (Å²) in [6, 6.07) is 9.65. The average Bonchev–Trinajstić information content (AvgIpc) is 3.25. The molecule has 90 valence electrons. The van der Waals surface area contributed by atoms with Crippen molar-refractivity contribution in [3.63, 3.8) is 0 Å². The van der Waals surface area contributed by atoms with Gasteiger partial charge in [0.15, 0.2) is 0 Å². The Morgan fingerprint density at radius 1 is 1.06 bits per heavy atom. The van der Waals surface area contributed by atoms with Crippen LogP contribution in [0, 0.1) is 11.8 Å². The molecule has 2 saturated carbocycles. The molecule has 0 bridgehead atoms. The van der Waals surface area contributed by atoms with Crippen LogP contribution in [0.4, 0.5) is 0 Å². The Balaban J connectivity index is 1.52. The third-order valence-corrected chi connectivity index (χ3v) is 4.35. The molecule has 17 heavy (non-hydrogen) atoms. The number of para-hydroxylation sites is 1. The number of benzene rings is 1. The van der Waals surface area contributed by atoms with Crippen LogP contribution in [0.15, 0.2) is 24.3 Å². The topological polar surface area (TPSA) is 21.3 Å². The lowest BCUT2D eigenvalue weighted by Crippen LogP contribution is -2.37. The maximum Gasteiger partial charge on any atom is 0.124 e. The highest BCUT2D eigenvalue weighted by Crippen LogP contribution is 2.46. The lowest BCUT2D eigenvalue weighted by atomic mass is 10.0. The fourth-order valence-corrected chi connectivity index (χ4v) is 3.10. The van der Waals surface area contributed by atoms with Gasteiger partial charge in [-0.2, -0.15) is 0 Å². The zero-order valence-corrected chi connectivity index (χ0v) is 10.1. The molecular formula is C15H19NO. The van der Waals surface area contributed by atoms with Gasteiger partial charge in [0, 0.05) is 11.6 Å². The van der Waals surface area contributed by atoms with E-state index in [0.29, 0.717) is 6.04 Å². The van der Waals surface area contributed by atoms with E-state index < -0.39 is 0 Å². The van der Waals surface area contributed by atoms with Gasteiger partial charge in [0.2, 0.25) is 0 Å². The van der Waals surface area contributed by atoms with Crippen molar-refractivity contribution in [3.05, 3.63) is 29.8 Å². The second-order valence-electron chi connectivity index (χ2n) is 5.77. The van der Waals surface area contributed by atoms with Crippen molar-refractivity contribution in [1.82, 2.24) is 5.32 Å². The van der Waals surface area contributed by atoms with E-state index in [1.165, 1.54) is 31.2 Å². The maximum absolute atomic E-state index is 5.75. The number of hydrogen-bond acceptors (Lipinski definition) is 2. The lowest BCUT2D eigenvalue weighted by molar-refractivity contribution is 0.280. The van der Waals surface area contributed by atoms with Gasteiger partial charge in [-0.25, -0.2) is 0 Å². The second-order valence-corrected chi connectivity index (χ2v) is 5.77. The van der Waals surface area contributed by atoms with Crippen LogP contribution in [0.3, 0.4) is 0 Å². The van der Waals surface area contributed by atoms with Gasteiger partial charge in [0.05, 0.1) is 6.04 Å². The predicted molar refractivity (Wildman–Crippen MR) is 67.0 cm³/mol. The van der Waals surface area contributed by atoms with Gasteiger partial charge < -0.3 is 10.1 Å². The third kappa shape index (κ3) is 1.85. The molecule has 3 aliphatic rings. The first kappa shape index (κ1) is 9.95. The fraction of sp³-hybridized carbons (Fsp3) is 0.600. The van der Waals surface area contributed by atoms with Crippen molar-refractivity contribution < 1.29 is 4.74 Å². The molecule has 1 aliphatic heterocycles. The second kappa shape index (κ2) is 3.74. The van der Waals surface area contributed by atoms with Gasteiger partial charge in [0.1, 0.15) is 12.4 Å². The molecule has 1 aromatic carbocycles. The van der Waals surface area contributed by atoms with Gasteiger partial charge in [-0.3, -0.25) is 0 Å². The van der Waals surface area contributed by atoms with Crippen LogP contribution in [0.25, 0.3) is 0 Å². The predicted octanol–water partition coefficient (Wildman–Crippen LogP) is 2.90. The smallest absolute Gasteiger partial charge is 0.124 e. The molecule has 4 rings (SSSR count). The number of nitrogens with one attached hydrogen (secondary N) is 1. The minimum Gasteiger partial charge on any atom is -0.491 e. The highest BCUT2D eigenvalue weighted by molar-refractivity contribution is 5.39. The zero-order valence-electron chi connectivity index (χ0n) is 10.1. The first-order chi connectivity index (χ1) is 8.42. The van der Waals surface area contributed by atoms with E-state index in [2.05, 4.69) is 29.6 Å². The van der Waals surface area contributed by atoms with E-state index in [0.717, 1.165) is 30.2 Å². The van der Waals surface area contributed by atoms with E-state index in [1.807, 2.05) is 0 Å². The third-order valence-electron chi connectivity index (χ3n) is 4.35. The molecule has 0 aromatic heterocycles. The van der Waals surface area contributed by atoms with Gasteiger partial charge >= 0.3 is 0 Å². The van der Waals surface area contributed by atoms with Crippen LogP contribution in [0.2, 0.25) is 0 Å². The minimum atomic E-state index is 0.428. The molecule has 2 fully saturated rings. The Hall–Kier alpha value is -1.02. The van der Waals surface area contributed by atoms with Crippen LogP contribution >= 0.6 is 0 Å². The fourth-order valence-electron chi connectivity index (χ4n) is 3.10. The molecule has 1 N–H and O–H groups in total. The number of ether oxygens (including phenoxy) is 1. The SMILES string of the molecule is c1ccc2c(c1)OCC2NC(C1CC1)C1CC1. The van der Waals surface area contributed by atoms with Crippen molar-refractivity contribution in [1.29, 1.82) is 0 Å². The average molecular weight is 229 g/mol. The summed E-state index contributed by atoms with van der Waals surface area (Å²) in [6.07, 6.45) is 5.74. The lowest BCUT2D eigenvalue weighted by Gasteiger charge is -2.22. The van der Waals surface area contributed by atoms with E-state index in [1.54, 1.807) is 0 Å². The Labute approximate surface area is 102 Å². The standard InChI is InChI=1S/C15H19NO/c1-2-4-14-12(3-1)13(9-17-14)16-15(10-5-6-10)11-7-8-11/h1-4,10-11,13,15-16H,5-9H2. The minimum absolute atomic E-state index is 0.428. The summed E-state index contributed by atoms with van der Waals surface area (Å²) < 4.78 is 5.75. The van der Waals surface area contributed by atoms with Crippen LogP contribution < -0.4 is 10.1 Å². The number of rotatable bonds is 4. The Morgan fingerprint density at radius 2 is 1.76 bits per heavy atom. The Kier molecular flexibility index (Phi) is 2.19. The van der Waals surface area contributed by atoms with Crippen molar-refractivity contribution in [2.45, 2.75) is 37.8 Å². The molecule has 0 amide bonds. The number of fused-ring (bicyclic) bond motifs is 1. The highest BCUT2D eigenvalue weighted by Gasteiger charge is 2.43. The van der Waals surface area contributed by atoms with Gasteiger partial charge in [-0.1, -0.05) is 18.2 Å². The molecular weight excluding hydrogens is 210 g/mol. The molecule has 2 heteroatoms. The Morgan fingerprint density at radius 3 is 2.47 bits per heavy atom. The molecule has 1 unspecified atom stereocenters. The van der Waals surface area contributed by atoms with Gasteiger partial charge in [-0.05, 0) is 43.6 Å². The molecule has 2 aliphatic carbocycles. The van der Waals surface area contributed by atoms with Crippen molar-refractivity contribution in [3.8, 4) is 5.75 Å². The summed E-state index contributed by atoms with van der Waals surface area (Å²) in [5.41, 5.74) is 1.36. The van der Waals surface area contributed by atoms with Crippen molar-refractivity contribution in [2.24, 2.45) is 11.8 Å². The molecule has 1 atom stereocenters. The van der Waals surface area contributed by atoms with Crippen molar-refractivity contribution in [2.75, 3.05) is 6.61 Å². The van der Waals surface area contributed by atoms with Crippen LogP contribution in [-0.2, 0) is 0 Å². The van der Waals surface area contributed by atoms with E-state index in [4.69, 9.17) is 4.74 Å². The van der Waals surface area contributed by atoms with E-state index in [9.17, 15) is 0 Å². The maximum atomic E-state index is 5.75. The van der Waals surface area contributed by atoms with E-state index >= 15 is 0 Å². The number of hydrogen-bond donors (Lipinski definition) is 1. The summed E-state index contributed by atoms with van der Waals surface area (Å²) in [5, 5.41) is 3.87. The zero-order chi connectivity index (χ0) is 11.2. The summed E-state index contributed by atoms with van der Waals surface area (Å²) in [4.78, 5) is 0. The van der Waals surface area contributed by atoms with Crippen LogP contribution in [0.1, 0.15) is 37.3 Å². The summed E-state index contributed by atoms with van der Waals surface area (Å²) >= 11 is 0. The quantitative estimate of drug-likeness (QED) is 0.857. The summed E-state index contributed by atoms with van der Waals surface area (Å²) in [6.45, 7) is 0.815. The normalized spacial score (nSPS) is 27.0. The first-order valence-electron chi connectivity index (χ1n) is 6.89.